The van der Waals surface area contributed by atoms with Gasteiger partial charge in [0.1, 0.15) is 5.75 Å². The van der Waals surface area contributed by atoms with Crippen LogP contribution in [0, 0.1) is 6.92 Å². The lowest BCUT2D eigenvalue weighted by Gasteiger charge is -2.21. The second kappa shape index (κ2) is 7.64. The van der Waals surface area contributed by atoms with Gasteiger partial charge < -0.3 is 10.1 Å². The van der Waals surface area contributed by atoms with E-state index in [1.807, 2.05) is 63.2 Å². The highest BCUT2D eigenvalue weighted by Crippen LogP contribution is 2.16. The van der Waals surface area contributed by atoms with Gasteiger partial charge in [-0.25, -0.2) is 0 Å². The Balaban J connectivity index is 1.98. The van der Waals surface area contributed by atoms with Gasteiger partial charge in [-0.3, -0.25) is 4.79 Å². The molecule has 0 fully saturated rings. The van der Waals surface area contributed by atoms with Crippen LogP contribution in [0.15, 0.2) is 54.6 Å². The summed E-state index contributed by atoms with van der Waals surface area (Å²) in [6.45, 7) is 5.98. The Kier molecular flexibility index (Phi) is 5.59. The topological polar surface area (TPSA) is 38.3 Å². The Morgan fingerprint density at radius 2 is 1.73 bits per heavy atom. The van der Waals surface area contributed by atoms with E-state index in [2.05, 4.69) is 17.4 Å². The van der Waals surface area contributed by atoms with Gasteiger partial charge in [-0.1, -0.05) is 55.0 Å². The fourth-order valence-corrected chi connectivity index (χ4v) is 2.23. The molecule has 22 heavy (non-hydrogen) atoms. The molecular weight excluding hydrogens is 274 g/mol. The number of nitrogens with one attached hydrogen (secondary N) is 1. The molecule has 0 bridgehead atoms. The molecule has 2 rings (SSSR count). The van der Waals surface area contributed by atoms with Gasteiger partial charge in [0, 0.05) is 0 Å². The Morgan fingerprint density at radius 1 is 1.09 bits per heavy atom. The van der Waals surface area contributed by atoms with E-state index in [1.54, 1.807) is 0 Å². The number of benzene rings is 2. The minimum atomic E-state index is -0.477. The predicted octanol–water partition coefficient (Wildman–Crippen LogP) is 4.03. The molecule has 1 N–H and O–H groups in total. The van der Waals surface area contributed by atoms with E-state index in [0.29, 0.717) is 12.2 Å². The van der Waals surface area contributed by atoms with Crippen LogP contribution in [0.5, 0.6) is 5.75 Å². The first kappa shape index (κ1) is 16.1. The Labute approximate surface area is 132 Å². The van der Waals surface area contributed by atoms with Crippen molar-refractivity contribution in [1.82, 2.24) is 5.32 Å². The summed E-state index contributed by atoms with van der Waals surface area (Å²) < 4.78 is 5.77. The van der Waals surface area contributed by atoms with Gasteiger partial charge in [-0.05, 0) is 38.0 Å². The maximum Gasteiger partial charge on any atom is 0.261 e. The molecule has 0 radical (unpaired) electrons. The summed E-state index contributed by atoms with van der Waals surface area (Å²) in [6, 6.07) is 17.6. The Morgan fingerprint density at radius 3 is 2.32 bits per heavy atom. The lowest BCUT2D eigenvalue weighted by molar-refractivity contribution is -0.128. The van der Waals surface area contributed by atoms with Crippen molar-refractivity contribution >= 4 is 5.91 Å². The lowest BCUT2D eigenvalue weighted by atomic mass is 10.1. The zero-order valence-electron chi connectivity index (χ0n) is 13.4. The van der Waals surface area contributed by atoms with Gasteiger partial charge in [0.05, 0.1) is 6.04 Å². The first-order chi connectivity index (χ1) is 10.6. The van der Waals surface area contributed by atoms with Crippen LogP contribution in [0.2, 0.25) is 0 Å². The summed E-state index contributed by atoms with van der Waals surface area (Å²) in [4.78, 5) is 12.4. The molecule has 0 saturated carbocycles. The molecule has 2 aromatic rings. The molecule has 116 valence electrons. The molecule has 0 saturated heterocycles. The summed E-state index contributed by atoms with van der Waals surface area (Å²) in [5.41, 5.74) is 2.30. The first-order valence-corrected chi connectivity index (χ1v) is 7.68. The van der Waals surface area contributed by atoms with Crippen molar-refractivity contribution in [2.75, 3.05) is 0 Å². The summed E-state index contributed by atoms with van der Waals surface area (Å²) in [6.07, 6.45) is 0.150. The largest absolute Gasteiger partial charge is 0.481 e. The molecule has 0 heterocycles. The van der Waals surface area contributed by atoms with Crippen LogP contribution in [0.4, 0.5) is 0 Å². The fraction of sp³-hybridized carbons (Fsp3) is 0.316. The highest BCUT2D eigenvalue weighted by molar-refractivity contribution is 5.81. The van der Waals surface area contributed by atoms with Crippen LogP contribution in [-0.2, 0) is 4.79 Å². The van der Waals surface area contributed by atoms with E-state index < -0.39 is 6.10 Å². The van der Waals surface area contributed by atoms with Crippen molar-refractivity contribution < 1.29 is 9.53 Å². The van der Waals surface area contributed by atoms with Crippen LogP contribution in [-0.4, -0.2) is 12.0 Å². The number of carbonyl (C=O) groups is 1. The third-order valence-electron chi connectivity index (χ3n) is 3.62. The number of rotatable bonds is 6. The van der Waals surface area contributed by atoms with Crippen LogP contribution in [0.1, 0.15) is 37.4 Å². The van der Waals surface area contributed by atoms with Crippen molar-refractivity contribution in [2.45, 2.75) is 39.3 Å². The zero-order valence-corrected chi connectivity index (χ0v) is 13.4. The van der Waals surface area contributed by atoms with Gasteiger partial charge in [0.25, 0.3) is 5.91 Å². The minimum Gasteiger partial charge on any atom is -0.481 e. The van der Waals surface area contributed by atoms with Crippen molar-refractivity contribution in [3.05, 3.63) is 65.7 Å². The smallest absolute Gasteiger partial charge is 0.261 e. The normalized spacial score (nSPS) is 13.2. The Hall–Kier alpha value is -2.29. The van der Waals surface area contributed by atoms with E-state index in [-0.39, 0.29) is 11.9 Å². The summed E-state index contributed by atoms with van der Waals surface area (Å²) in [5, 5.41) is 3.02. The molecule has 1 amide bonds. The van der Waals surface area contributed by atoms with E-state index in [0.717, 1.165) is 5.56 Å². The standard InChI is InChI=1S/C19H23NO2/c1-4-18(22-17-8-6-5-7-9-17)19(21)20-15(3)16-12-10-14(2)11-13-16/h5-13,15,18H,4H2,1-3H3,(H,20,21)/t15-,18+/m1/s1. The second-order valence-electron chi connectivity index (χ2n) is 5.47. The van der Waals surface area contributed by atoms with Gasteiger partial charge in [-0.15, -0.1) is 0 Å². The molecule has 3 heteroatoms. The molecule has 0 aromatic heterocycles. The molecule has 2 aromatic carbocycles. The average molecular weight is 297 g/mol. The maximum absolute atomic E-state index is 12.4. The zero-order chi connectivity index (χ0) is 15.9. The lowest BCUT2D eigenvalue weighted by Crippen LogP contribution is -2.39. The summed E-state index contributed by atoms with van der Waals surface area (Å²) >= 11 is 0. The molecule has 0 aliphatic carbocycles. The molecule has 3 nitrogen and oxygen atoms in total. The minimum absolute atomic E-state index is 0.0403. The second-order valence-corrected chi connectivity index (χ2v) is 5.47. The van der Waals surface area contributed by atoms with Crippen molar-refractivity contribution in [2.24, 2.45) is 0 Å². The van der Waals surface area contributed by atoms with Crippen LogP contribution >= 0.6 is 0 Å². The number of para-hydroxylation sites is 1. The van der Waals surface area contributed by atoms with Crippen molar-refractivity contribution in [3.63, 3.8) is 0 Å². The van der Waals surface area contributed by atoms with Crippen LogP contribution in [0.3, 0.4) is 0 Å². The third-order valence-corrected chi connectivity index (χ3v) is 3.62. The monoisotopic (exact) mass is 297 g/mol. The summed E-state index contributed by atoms with van der Waals surface area (Å²) in [7, 11) is 0. The van der Waals surface area contributed by atoms with E-state index in [1.165, 1.54) is 5.56 Å². The van der Waals surface area contributed by atoms with Crippen molar-refractivity contribution in [1.29, 1.82) is 0 Å². The first-order valence-electron chi connectivity index (χ1n) is 7.68. The maximum atomic E-state index is 12.4. The van der Waals surface area contributed by atoms with Gasteiger partial charge in [0.2, 0.25) is 0 Å². The number of hydrogen-bond donors (Lipinski definition) is 1. The predicted molar refractivity (Wildman–Crippen MR) is 88.9 cm³/mol. The molecule has 2 atom stereocenters. The number of hydrogen-bond acceptors (Lipinski definition) is 2. The van der Waals surface area contributed by atoms with Gasteiger partial charge in [0.15, 0.2) is 6.10 Å². The Bertz CT molecular complexity index is 593. The van der Waals surface area contributed by atoms with Crippen LogP contribution < -0.4 is 10.1 Å². The fourth-order valence-electron chi connectivity index (χ4n) is 2.23. The summed E-state index contributed by atoms with van der Waals surface area (Å²) in [5.74, 6) is 0.631. The number of carbonyl (C=O) groups excluding carboxylic acids is 1. The molecule has 0 unspecified atom stereocenters. The SMILES string of the molecule is CC[C@H](Oc1ccccc1)C(=O)N[C@H](C)c1ccc(C)cc1. The number of aryl methyl sites for hydroxylation is 1. The highest BCUT2D eigenvalue weighted by Gasteiger charge is 2.20. The molecule has 0 spiro atoms. The number of amides is 1. The number of ether oxygens (including phenoxy) is 1. The quantitative estimate of drug-likeness (QED) is 0.874. The third kappa shape index (κ3) is 4.35. The van der Waals surface area contributed by atoms with Crippen molar-refractivity contribution in [3.8, 4) is 5.75 Å². The molecular formula is C19H23NO2. The average Bonchev–Trinajstić information content (AvgIpc) is 2.54. The van der Waals surface area contributed by atoms with Gasteiger partial charge >= 0.3 is 0 Å². The van der Waals surface area contributed by atoms with E-state index in [9.17, 15) is 4.79 Å². The highest BCUT2D eigenvalue weighted by atomic mass is 16.5. The molecule has 0 aliphatic heterocycles. The van der Waals surface area contributed by atoms with E-state index in [4.69, 9.17) is 4.74 Å². The molecule has 0 aliphatic rings. The van der Waals surface area contributed by atoms with Gasteiger partial charge in [-0.2, -0.15) is 0 Å². The van der Waals surface area contributed by atoms with Crippen LogP contribution in [0.25, 0.3) is 0 Å². The van der Waals surface area contributed by atoms with E-state index >= 15 is 0 Å².